The smallest absolute Gasteiger partial charge is 0.428 e. The molecule has 3 N–H and O–H groups in total. The third-order valence-electron chi connectivity index (χ3n) is 3.33. The van der Waals surface area contributed by atoms with Gasteiger partial charge in [0.15, 0.2) is 0 Å². The fourth-order valence-electron chi connectivity index (χ4n) is 2.11. The minimum Gasteiger partial charge on any atom is -0.442 e. The Balaban J connectivity index is 0.00000288. The van der Waals surface area contributed by atoms with Gasteiger partial charge >= 0.3 is 12.3 Å². The van der Waals surface area contributed by atoms with E-state index in [1.807, 2.05) is 5.43 Å². The van der Waals surface area contributed by atoms with Crippen molar-refractivity contribution in [2.24, 2.45) is 5.10 Å². The van der Waals surface area contributed by atoms with Crippen molar-refractivity contribution in [3.05, 3.63) is 34.9 Å². The van der Waals surface area contributed by atoms with Crippen LogP contribution >= 0.6 is 0 Å². The molecule has 2 rings (SSSR count). The van der Waals surface area contributed by atoms with Crippen LogP contribution in [0.2, 0.25) is 0 Å². The lowest BCUT2D eigenvalue weighted by Crippen LogP contribution is -2.31. The van der Waals surface area contributed by atoms with E-state index in [9.17, 15) is 23.1 Å². The van der Waals surface area contributed by atoms with Crippen molar-refractivity contribution in [2.75, 3.05) is 13.2 Å². The van der Waals surface area contributed by atoms with Crippen molar-refractivity contribution in [2.45, 2.75) is 32.5 Å². The van der Waals surface area contributed by atoms with Crippen LogP contribution in [0, 0.1) is 0 Å². The van der Waals surface area contributed by atoms with Crippen LogP contribution in [0.5, 0.6) is 0 Å². The summed E-state index contributed by atoms with van der Waals surface area (Å²) in [7, 11) is 0. The van der Waals surface area contributed by atoms with Crippen LogP contribution in [0.25, 0.3) is 0 Å². The number of ether oxygens (including phenoxy) is 1. The number of carbonyl (C=O) groups is 1. The normalized spacial score (nSPS) is 15.7. The van der Waals surface area contributed by atoms with Gasteiger partial charge in [0.05, 0.1) is 18.3 Å². The molecule has 1 amide bonds. The van der Waals surface area contributed by atoms with E-state index in [4.69, 9.17) is 5.11 Å². The highest BCUT2D eigenvalue weighted by Crippen LogP contribution is 2.33. The van der Waals surface area contributed by atoms with Crippen molar-refractivity contribution >= 4 is 11.8 Å². The summed E-state index contributed by atoms with van der Waals surface area (Å²) in [6.45, 7) is -0.723. The van der Waals surface area contributed by atoms with Gasteiger partial charge in [0.25, 0.3) is 0 Å². The number of rotatable bonds is 5. The highest BCUT2D eigenvalue weighted by Gasteiger charge is 2.34. The Kier molecular flexibility index (Phi) is 6.73. The number of halogens is 3. The maximum absolute atomic E-state index is 13.2. The topological polar surface area (TPSA) is 91.2 Å². The van der Waals surface area contributed by atoms with Crippen LogP contribution in [-0.4, -0.2) is 41.3 Å². The molecule has 9 heteroatoms. The number of benzene rings is 1. The first-order chi connectivity index (χ1) is 10.8. The van der Waals surface area contributed by atoms with Crippen LogP contribution in [0.1, 0.15) is 30.5 Å². The SMILES string of the molecule is C.O=C1NN=C(c2ccc(CCC(O)CO)c(C(F)(F)F)c2)CO1. The summed E-state index contributed by atoms with van der Waals surface area (Å²) in [6, 6.07) is 3.66. The minimum atomic E-state index is -4.57. The summed E-state index contributed by atoms with van der Waals surface area (Å²) in [6.07, 6.45) is -6.42. The molecule has 134 valence electrons. The maximum Gasteiger partial charge on any atom is 0.428 e. The van der Waals surface area contributed by atoms with Crippen LogP contribution in [-0.2, 0) is 17.3 Å². The summed E-state index contributed by atoms with van der Waals surface area (Å²) < 4.78 is 44.3. The van der Waals surface area contributed by atoms with Gasteiger partial charge in [-0.2, -0.15) is 18.3 Å². The number of cyclic esters (lactones) is 1. The van der Waals surface area contributed by atoms with Crippen molar-refractivity contribution in [3.8, 4) is 0 Å². The standard InChI is InChI=1S/C14H15F3N2O4.CH4/c15-14(16,17)11-5-9(12-7-23-13(22)19-18-12)2-1-8(11)3-4-10(21)6-20;/h1-2,5,10,20-21H,3-4,6-7H2,(H,19,22);1H4. The molecule has 1 aromatic carbocycles. The molecule has 0 radical (unpaired) electrons. The number of hydrazone groups is 1. The Hall–Kier alpha value is -2.13. The number of nitrogens with one attached hydrogen (secondary N) is 1. The zero-order chi connectivity index (χ0) is 17.0. The number of aryl methyl sites for hydroxylation is 1. The van der Waals surface area contributed by atoms with Crippen LogP contribution in [0.4, 0.5) is 18.0 Å². The Morgan fingerprint density at radius 1 is 1.38 bits per heavy atom. The molecule has 0 aliphatic carbocycles. The number of alkyl halides is 3. The summed E-state index contributed by atoms with van der Waals surface area (Å²) in [5.41, 5.74) is 1.56. The Morgan fingerprint density at radius 3 is 2.62 bits per heavy atom. The third kappa shape index (κ3) is 4.93. The van der Waals surface area contributed by atoms with Gasteiger partial charge in [-0.1, -0.05) is 19.6 Å². The molecule has 0 aromatic heterocycles. The largest absolute Gasteiger partial charge is 0.442 e. The van der Waals surface area contributed by atoms with E-state index in [2.05, 4.69) is 9.84 Å². The lowest BCUT2D eigenvalue weighted by molar-refractivity contribution is -0.138. The van der Waals surface area contributed by atoms with E-state index >= 15 is 0 Å². The number of aliphatic hydroxyl groups excluding tert-OH is 2. The fraction of sp³-hybridized carbons (Fsp3) is 0.467. The number of nitrogens with zero attached hydrogens (tertiary/aromatic N) is 1. The summed E-state index contributed by atoms with van der Waals surface area (Å²) in [4.78, 5) is 10.8. The third-order valence-corrected chi connectivity index (χ3v) is 3.33. The summed E-state index contributed by atoms with van der Waals surface area (Å²) >= 11 is 0. The second-order valence-electron chi connectivity index (χ2n) is 4.99. The average Bonchev–Trinajstić information content (AvgIpc) is 2.52. The van der Waals surface area contributed by atoms with Crippen molar-refractivity contribution in [3.63, 3.8) is 0 Å². The van der Waals surface area contributed by atoms with Gasteiger partial charge in [-0.3, -0.25) is 0 Å². The Labute approximate surface area is 136 Å². The van der Waals surface area contributed by atoms with Gasteiger partial charge in [-0.25, -0.2) is 10.2 Å². The zero-order valence-corrected chi connectivity index (χ0v) is 11.9. The number of aliphatic hydroxyl groups is 2. The molecule has 1 unspecified atom stereocenters. The lowest BCUT2D eigenvalue weighted by atomic mass is 9.97. The summed E-state index contributed by atoms with van der Waals surface area (Å²) in [5, 5.41) is 21.7. The summed E-state index contributed by atoms with van der Waals surface area (Å²) in [5.74, 6) is 0. The first kappa shape index (κ1) is 19.9. The van der Waals surface area contributed by atoms with Crippen LogP contribution in [0.3, 0.4) is 0 Å². The van der Waals surface area contributed by atoms with Crippen LogP contribution < -0.4 is 5.43 Å². The van der Waals surface area contributed by atoms with Gasteiger partial charge < -0.3 is 14.9 Å². The minimum absolute atomic E-state index is 0. The van der Waals surface area contributed by atoms with E-state index in [0.29, 0.717) is 0 Å². The molecule has 1 heterocycles. The first-order valence-corrected chi connectivity index (χ1v) is 6.80. The second-order valence-corrected chi connectivity index (χ2v) is 4.99. The monoisotopic (exact) mass is 348 g/mol. The molecule has 0 saturated heterocycles. The average molecular weight is 348 g/mol. The molecule has 1 atom stereocenters. The molecule has 1 aromatic rings. The van der Waals surface area contributed by atoms with E-state index in [0.717, 1.165) is 6.07 Å². The molecular weight excluding hydrogens is 329 g/mol. The molecule has 0 saturated carbocycles. The van der Waals surface area contributed by atoms with Gasteiger partial charge in [0, 0.05) is 5.56 Å². The van der Waals surface area contributed by atoms with Gasteiger partial charge in [0.1, 0.15) is 12.3 Å². The van der Waals surface area contributed by atoms with E-state index in [1.54, 1.807) is 0 Å². The molecular formula is C15H19F3N2O4. The molecule has 6 nitrogen and oxygen atoms in total. The fourth-order valence-corrected chi connectivity index (χ4v) is 2.11. The van der Waals surface area contributed by atoms with Crippen molar-refractivity contribution in [1.29, 1.82) is 0 Å². The highest BCUT2D eigenvalue weighted by atomic mass is 19.4. The number of hydrogen-bond donors (Lipinski definition) is 3. The molecule has 0 fully saturated rings. The van der Waals surface area contributed by atoms with Crippen LogP contribution in [0.15, 0.2) is 23.3 Å². The Bertz CT molecular complexity index is 617. The Morgan fingerprint density at radius 2 is 2.08 bits per heavy atom. The second kappa shape index (κ2) is 8.11. The van der Waals surface area contributed by atoms with Gasteiger partial charge in [-0.15, -0.1) is 0 Å². The van der Waals surface area contributed by atoms with E-state index in [-0.39, 0.29) is 43.7 Å². The van der Waals surface area contributed by atoms with Gasteiger partial charge in [0.2, 0.25) is 0 Å². The molecule has 0 spiro atoms. The molecule has 0 bridgehead atoms. The van der Waals surface area contributed by atoms with Gasteiger partial charge in [-0.05, 0) is 24.5 Å². The zero-order valence-electron chi connectivity index (χ0n) is 11.9. The predicted octanol–water partition coefficient (Wildman–Crippen LogP) is 2.07. The number of amides is 1. The highest BCUT2D eigenvalue weighted by molar-refractivity contribution is 6.03. The maximum atomic E-state index is 13.2. The predicted molar refractivity (Wildman–Crippen MR) is 80.6 cm³/mol. The van der Waals surface area contributed by atoms with E-state index in [1.165, 1.54) is 12.1 Å². The van der Waals surface area contributed by atoms with Crippen molar-refractivity contribution < 1.29 is 32.9 Å². The molecule has 1 aliphatic rings. The van der Waals surface area contributed by atoms with Crippen molar-refractivity contribution in [1.82, 2.24) is 5.43 Å². The molecule has 1 aliphatic heterocycles. The number of carbonyl (C=O) groups excluding carboxylic acids is 1. The molecule has 24 heavy (non-hydrogen) atoms. The first-order valence-electron chi connectivity index (χ1n) is 6.80. The quantitative estimate of drug-likeness (QED) is 0.760. The van der Waals surface area contributed by atoms with E-state index < -0.39 is 30.5 Å². The number of hydrogen-bond acceptors (Lipinski definition) is 5. The lowest BCUT2D eigenvalue weighted by Gasteiger charge is -2.18.